The molecule has 5 nitrogen and oxygen atoms in total. The van der Waals surface area contributed by atoms with Gasteiger partial charge in [0, 0.05) is 30.6 Å². The SMILES string of the molecule is CN[C@@H]1CCN(c2nc(N)nc3c2CCCC3c2ccccc2)C1. The molecule has 2 aliphatic rings. The van der Waals surface area contributed by atoms with Crippen molar-refractivity contribution in [1.29, 1.82) is 0 Å². The second-order valence-corrected chi connectivity index (χ2v) is 6.84. The van der Waals surface area contributed by atoms with Crippen LogP contribution in [0.3, 0.4) is 0 Å². The number of rotatable bonds is 3. The summed E-state index contributed by atoms with van der Waals surface area (Å²) in [5, 5.41) is 3.38. The first-order valence-corrected chi connectivity index (χ1v) is 8.89. The molecule has 0 spiro atoms. The third-order valence-corrected chi connectivity index (χ3v) is 5.38. The molecule has 1 aromatic heterocycles. The van der Waals surface area contributed by atoms with E-state index in [2.05, 4.69) is 50.5 Å². The molecule has 5 heteroatoms. The Morgan fingerprint density at radius 3 is 2.75 bits per heavy atom. The molecule has 24 heavy (non-hydrogen) atoms. The Hall–Kier alpha value is -2.14. The Bertz CT molecular complexity index is 715. The quantitative estimate of drug-likeness (QED) is 0.907. The molecule has 0 radical (unpaired) electrons. The highest BCUT2D eigenvalue weighted by molar-refractivity contribution is 5.56. The number of hydrogen-bond acceptors (Lipinski definition) is 5. The second-order valence-electron chi connectivity index (χ2n) is 6.84. The average Bonchev–Trinajstić information content (AvgIpc) is 3.10. The summed E-state index contributed by atoms with van der Waals surface area (Å²) in [4.78, 5) is 11.7. The van der Waals surface area contributed by atoms with Crippen LogP contribution < -0.4 is 16.0 Å². The molecule has 2 heterocycles. The number of likely N-dealkylation sites (N-methyl/N-ethyl adjacent to an activating group) is 1. The summed E-state index contributed by atoms with van der Waals surface area (Å²) in [5.41, 5.74) is 9.87. The molecule has 2 atom stereocenters. The van der Waals surface area contributed by atoms with Crippen LogP contribution in [0.2, 0.25) is 0 Å². The van der Waals surface area contributed by atoms with Crippen molar-refractivity contribution in [1.82, 2.24) is 15.3 Å². The molecule has 126 valence electrons. The molecular weight excluding hydrogens is 298 g/mol. The summed E-state index contributed by atoms with van der Waals surface area (Å²) in [6.07, 6.45) is 4.51. The van der Waals surface area contributed by atoms with Crippen LogP contribution in [-0.2, 0) is 6.42 Å². The third-order valence-electron chi connectivity index (χ3n) is 5.38. The molecule has 2 aromatic rings. The summed E-state index contributed by atoms with van der Waals surface area (Å²) in [6, 6.07) is 11.2. The zero-order chi connectivity index (χ0) is 16.5. The van der Waals surface area contributed by atoms with Gasteiger partial charge in [-0.15, -0.1) is 0 Å². The predicted molar refractivity (Wildman–Crippen MR) is 97.3 cm³/mol. The van der Waals surface area contributed by atoms with Crippen molar-refractivity contribution >= 4 is 11.8 Å². The van der Waals surface area contributed by atoms with Gasteiger partial charge < -0.3 is 16.0 Å². The van der Waals surface area contributed by atoms with E-state index in [4.69, 9.17) is 5.73 Å². The van der Waals surface area contributed by atoms with Crippen LogP contribution in [0.15, 0.2) is 30.3 Å². The number of nitrogen functional groups attached to an aromatic ring is 1. The first-order valence-electron chi connectivity index (χ1n) is 8.89. The molecule has 3 N–H and O–H groups in total. The fourth-order valence-electron chi connectivity index (χ4n) is 4.11. The zero-order valence-corrected chi connectivity index (χ0v) is 14.2. The summed E-state index contributed by atoms with van der Waals surface area (Å²) < 4.78 is 0. The fourth-order valence-corrected chi connectivity index (χ4v) is 4.11. The van der Waals surface area contributed by atoms with E-state index >= 15 is 0 Å². The molecule has 0 saturated carbocycles. The number of anilines is 2. The van der Waals surface area contributed by atoms with Gasteiger partial charge in [-0.05, 0) is 38.3 Å². The largest absolute Gasteiger partial charge is 0.368 e. The van der Waals surface area contributed by atoms with Gasteiger partial charge in [0.25, 0.3) is 0 Å². The van der Waals surface area contributed by atoms with Crippen LogP contribution in [-0.4, -0.2) is 36.1 Å². The fraction of sp³-hybridized carbons (Fsp3) is 0.474. The molecule has 1 unspecified atom stereocenters. The topological polar surface area (TPSA) is 67.1 Å². The number of aromatic nitrogens is 2. The van der Waals surface area contributed by atoms with Crippen molar-refractivity contribution in [2.45, 2.75) is 37.6 Å². The van der Waals surface area contributed by atoms with E-state index in [1.54, 1.807) is 0 Å². The van der Waals surface area contributed by atoms with Crippen LogP contribution in [0.5, 0.6) is 0 Å². The molecule has 1 saturated heterocycles. The van der Waals surface area contributed by atoms with Gasteiger partial charge in [0.1, 0.15) is 5.82 Å². The minimum absolute atomic E-state index is 0.335. The molecule has 1 aliphatic carbocycles. The minimum atomic E-state index is 0.335. The van der Waals surface area contributed by atoms with E-state index in [1.165, 1.54) is 17.5 Å². The highest BCUT2D eigenvalue weighted by Gasteiger charge is 2.31. The molecule has 1 fully saturated rings. The van der Waals surface area contributed by atoms with E-state index in [0.717, 1.165) is 43.9 Å². The van der Waals surface area contributed by atoms with Gasteiger partial charge in [-0.2, -0.15) is 4.98 Å². The molecule has 1 aliphatic heterocycles. The lowest BCUT2D eigenvalue weighted by Gasteiger charge is -2.29. The smallest absolute Gasteiger partial charge is 0.222 e. The molecule has 1 aromatic carbocycles. The highest BCUT2D eigenvalue weighted by atomic mass is 15.2. The van der Waals surface area contributed by atoms with E-state index in [-0.39, 0.29) is 0 Å². The van der Waals surface area contributed by atoms with Crippen molar-refractivity contribution < 1.29 is 0 Å². The third kappa shape index (κ3) is 2.73. The molecule has 0 amide bonds. The normalized spacial score (nSPS) is 23.3. The van der Waals surface area contributed by atoms with Crippen LogP contribution in [0.4, 0.5) is 11.8 Å². The van der Waals surface area contributed by atoms with E-state index in [9.17, 15) is 0 Å². The maximum atomic E-state index is 6.09. The van der Waals surface area contributed by atoms with Gasteiger partial charge in [-0.1, -0.05) is 30.3 Å². The lowest BCUT2D eigenvalue weighted by Crippen LogP contribution is -2.31. The van der Waals surface area contributed by atoms with Crippen molar-refractivity contribution in [3.05, 3.63) is 47.2 Å². The van der Waals surface area contributed by atoms with Crippen LogP contribution in [0, 0.1) is 0 Å². The Balaban J connectivity index is 1.75. The van der Waals surface area contributed by atoms with Crippen LogP contribution >= 0.6 is 0 Å². The first-order chi connectivity index (χ1) is 11.8. The Labute approximate surface area is 143 Å². The first kappa shape index (κ1) is 15.4. The van der Waals surface area contributed by atoms with E-state index in [0.29, 0.717) is 17.9 Å². The summed E-state index contributed by atoms with van der Waals surface area (Å²) in [7, 11) is 2.03. The van der Waals surface area contributed by atoms with Gasteiger partial charge in [0.2, 0.25) is 5.95 Å². The second kappa shape index (κ2) is 6.40. The lowest BCUT2D eigenvalue weighted by atomic mass is 9.82. The van der Waals surface area contributed by atoms with Crippen LogP contribution in [0.1, 0.15) is 42.0 Å². The van der Waals surface area contributed by atoms with E-state index < -0.39 is 0 Å². The molecular formula is C19H25N5. The maximum absolute atomic E-state index is 6.09. The van der Waals surface area contributed by atoms with Gasteiger partial charge in [0.05, 0.1) is 5.69 Å². The number of hydrogen-bond donors (Lipinski definition) is 2. The standard InChI is InChI=1S/C19H25N5/c1-21-14-10-11-24(12-14)18-16-9-5-8-15(13-6-3-2-4-7-13)17(16)22-19(20)23-18/h2-4,6-7,14-15,21H,5,8-12H2,1H3,(H2,20,22,23)/t14-,15?/m1/s1. The van der Waals surface area contributed by atoms with Crippen molar-refractivity contribution in [2.75, 3.05) is 30.8 Å². The minimum Gasteiger partial charge on any atom is -0.368 e. The lowest BCUT2D eigenvalue weighted by molar-refractivity contribution is 0.592. The zero-order valence-electron chi connectivity index (χ0n) is 14.2. The van der Waals surface area contributed by atoms with Gasteiger partial charge in [0.15, 0.2) is 0 Å². The van der Waals surface area contributed by atoms with Crippen molar-refractivity contribution in [2.24, 2.45) is 0 Å². The number of fused-ring (bicyclic) bond motifs is 1. The highest BCUT2D eigenvalue weighted by Crippen LogP contribution is 2.39. The number of benzene rings is 1. The van der Waals surface area contributed by atoms with Gasteiger partial charge >= 0.3 is 0 Å². The summed E-state index contributed by atoms with van der Waals surface area (Å²) in [6.45, 7) is 2.03. The molecule has 0 bridgehead atoms. The maximum Gasteiger partial charge on any atom is 0.222 e. The Morgan fingerprint density at radius 2 is 2.00 bits per heavy atom. The van der Waals surface area contributed by atoms with Crippen LogP contribution in [0.25, 0.3) is 0 Å². The van der Waals surface area contributed by atoms with Gasteiger partial charge in [-0.25, -0.2) is 4.98 Å². The van der Waals surface area contributed by atoms with Crippen molar-refractivity contribution in [3.63, 3.8) is 0 Å². The Morgan fingerprint density at radius 1 is 1.17 bits per heavy atom. The van der Waals surface area contributed by atoms with Crippen molar-refractivity contribution in [3.8, 4) is 0 Å². The van der Waals surface area contributed by atoms with E-state index in [1.807, 2.05) is 7.05 Å². The Kier molecular flexibility index (Phi) is 4.10. The monoisotopic (exact) mass is 323 g/mol. The predicted octanol–water partition coefficient (Wildman–Crippen LogP) is 2.33. The van der Waals surface area contributed by atoms with Gasteiger partial charge in [-0.3, -0.25) is 0 Å². The summed E-state index contributed by atoms with van der Waals surface area (Å²) in [5.74, 6) is 1.80. The number of nitrogens with one attached hydrogen (secondary N) is 1. The number of nitrogens with two attached hydrogens (primary N) is 1. The average molecular weight is 323 g/mol. The summed E-state index contributed by atoms with van der Waals surface area (Å²) >= 11 is 0. The molecule has 4 rings (SSSR count). The number of nitrogens with zero attached hydrogens (tertiary/aromatic N) is 3.